The first-order valence-corrected chi connectivity index (χ1v) is 8.23. The highest BCUT2D eigenvalue weighted by Crippen LogP contribution is 2.40. The average Bonchev–Trinajstić information content (AvgIpc) is 3.06. The number of aromatic nitrogens is 2. The van der Waals surface area contributed by atoms with Gasteiger partial charge < -0.3 is 9.80 Å². The number of benzene rings is 1. The first kappa shape index (κ1) is 14.9. The maximum atomic E-state index is 11.7. The van der Waals surface area contributed by atoms with Gasteiger partial charge in [-0.25, -0.2) is 9.97 Å². The van der Waals surface area contributed by atoms with E-state index in [2.05, 4.69) is 33.6 Å². The van der Waals surface area contributed by atoms with Crippen molar-refractivity contribution in [3.63, 3.8) is 0 Å². The molecule has 0 atom stereocenters. The van der Waals surface area contributed by atoms with Gasteiger partial charge in [-0.15, -0.1) is 0 Å². The van der Waals surface area contributed by atoms with Crippen molar-refractivity contribution < 1.29 is 4.79 Å². The molecule has 0 unspecified atom stereocenters. The molecule has 2 saturated heterocycles. The van der Waals surface area contributed by atoms with Crippen molar-refractivity contribution >= 4 is 11.9 Å². The molecule has 5 nitrogen and oxygen atoms in total. The van der Waals surface area contributed by atoms with Crippen LogP contribution in [0, 0.1) is 5.41 Å². The monoisotopic (exact) mass is 320 g/mol. The van der Waals surface area contributed by atoms with Crippen LogP contribution in [0.2, 0.25) is 0 Å². The average molecular weight is 320 g/mol. The molecular formula is C19H20N4O. The zero-order valence-electron chi connectivity index (χ0n) is 13.6. The van der Waals surface area contributed by atoms with Crippen LogP contribution in [0.25, 0.3) is 11.1 Å². The van der Waals surface area contributed by atoms with Gasteiger partial charge in [-0.05, 0) is 18.1 Å². The number of likely N-dealkylation sites (tertiary alicyclic amines) is 1. The zero-order valence-corrected chi connectivity index (χ0v) is 13.6. The molecule has 24 heavy (non-hydrogen) atoms. The van der Waals surface area contributed by atoms with E-state index < -0.39 is 0 Å². The highest BCUT2D eigenvalue weighted by Gasteiger charge is 2.49. The fraction of sp³-hybridized carbons (Fsp3) is 0.316. The number of anilines is 1. The molecule has 3 heterocycles. The lowest BCUT2D eigenvalue weighted by Gasteiger charge is -2.47. The molecule has 0 saturated carbocycles. The fourth-order valence-electron chi connectivity index (χ4n) is 3.68. The van der Waals surface area contributed by atoms with Crippen LogP contribution in [-0.2, 0) is 4.79 Å². The Kier molecular flexibility index (Phi) is 3.56. The molecule has 0 bridgehead atoms. The van der Waals surface area contributed by atoms with Gasteiger partial charge in [0.15, 0.2) is 0 Å². The Morgan fingerprint density at radius 2 is 1.79 bits per heavy atom. The molecule has 1 aromatic carbocycles. The number of carbonyl (C=O) groups is 1. The van der Waals surface area contributed by atoms with Crippen molar-refractivity contribution in [1.82, 2.24) is 14.9 Å². The predicted molar refractivity (Wildman–Crippen MR) is 93.5 cm³/mol. The van der Waals surface area contributed by atoms with Crippen molar-refractivity contribution in [3.05, 3.63) is 55.4 Å². The second-order valence-electron chi connectivity index (χ2n) is 6.71. The molecule has 0 radical (unpaired) electrons. The van der Waals surface area contributed by atoms with Gasteiger partial charge in [0.1, 0.15) is 0 Å². The van der Waals surface area contributed by atoms with Crippen LogP contribution in [0.3, 0.4) is 0 Å². The standard InChI is InChI=1S/C19H20N4O/c1-2-17(24)22-9-8-19(12-22)13-23(14-19)18-20-10-16(11-21-18)15-6-4-3-5-7-15/h2-7,10-11H,1,8-9,12-14H2. The third-order valence-electron chi connectivity index (χ3n) is 5.01. The molecule has 2 aromatic rings. The first-order valence-electron chi connectivity index (χ1n) is 8.23. The van der Waals surface area contributed by atoms with Crippen LogP contribution < -0.4 is 4.90 Å². The first-order chi connectivity index (χ1) is 11.7. The smallest absolute Gasteiger partial charge is 0.245 e. The Labute approximate surface area is 141 Å². The summed E-state index contributed by atoms with van der Waals surface area (Å²) >= 11 is 0. The lowest BCUT2D eigenvalue weighted by Crippen LogP contribution is -2.58. The molecule has 122 valence electrons. The van der Waals surface area contributed by atoms with Crippen molar-refractivity contribution in [2.75, 3.05) is 31.1 Å². The minimum Gasteiger partial charge on any atom is -0.339 e. The Bertz CT molecular complexity index is 751. The van der Waals surface area contributed by atoms with Crippen molar-refractivity contribution in [2.45, 2.75) is 6.42 Å². The predicted octanol–water partition coefficient (Wildman–Crippen LogP) is 2.37. The van der Waals surface area contributed by atoms with Gasteiger partial charge in [0.25, 0.3) is 0 Å². The minimum atomic E-state index is 0.0359. The number of carbonyl (C=O) groups excluding carboxylic acids is 1. The molecule has 2 aliphatic rings. The molecule has 0 N–H and O–H groups in total. The fourth-order valence-corrected chi connectivity index (χ4v) is 3.68. The SMILES string of the molecule is C=CC(=O)N1CCC2(C1)CN(c1ncc(-c3ccccc3)cn1)C2. The summed E-state index contributed by atoms with van der Waals surface area (Å²) in [6, 6.07) is 10.1. The third-order valence-corrected chi connectivity index (χ3v) is 5.01. The summed E-state index contributed by atoms with van der Waals surface area (Å²) < 4.78 is 0. The number of rotatable bonds is 3. The quantitative estimate of drug-likeness (QED) is 0.815. The molecule has 1 aromatic heterocycles. The summed E-state index contributed by atoms with van der Waals surface area (Å²) in [5.41, 5.74) is 2.36. The second kappa shape index (κ2) is 5.74. The van der Waals surface area contributed by atoms with Gasteiger partial charge in [0.2, 0.25) is 11.9 Å². The number of nitrogens with zero attached hydrogens (tertiary/aromatic N) is 4. The van der Waals surface area contributed by atoms with E-state index in [1.54, 1.807) is 0 Å². The van der Waals surface area contributed by atoms with Crippen LogP contribution in [0.1, 0.15) is 6.42 Å². The molecule has 1 spiro atoms. The van der Waals surface area contributed by atoms with Gasteiger partial charge in [0.05, 0.1) is 0 Å². The third kappa shape index (κ3) is 2.56. The minimum absolute atomic E-state index is 0.0359. The second-order valence-corrected chi connectivity index (χ2v) is 6.71. The van der Waals surface area contributed by atoms with E-state index in [1.807, 2.05) is 35.5 Å². The van der Waals surface area contributed by atoms with E-state index in [0.29, 0.717) is 0 Å². The Morgan fingerprint density at radius 1 is 1.08 bits per heavy atom. The van der Waals surface area contributed by atoms with Crippen LogP contribution in [0.4, 0.5) is 5.95 Å². The summed E-state index contributed by atoms with van der Waals surface area (Å²) in [7, 11) is 0. The van der Waals surface area contributed by atoms with Crippen molar-refractivity contribution in [3.8, 4) is 11.1 Å². The number of hydrogen-bond donors (Lipinski definition) is 0. The van der Waals surface area contributed by atoms with Gasteiger partial charge in [-0.3, -0.25) is 4.79 Å². The molecule has 5 heteroatoms. The van der Waals surface area contributed by atoms with Gasteiger partial charge in [-0.1, -0.05) is 36.9 Å². The van der Waals surface area contributed by atoms with Crippen LogP contribution in [0.15, 0.2) is 55.4 Å². The Hall–Kier alpha value is -2.69. The Morgan fingerprint density at radius 3 is 2.46 bits per heavy atom. The van der Waals surface area contributed by atoms with Crippen molar-refractivity contribution in [2.24, 2.45) is 5.41 Å². The Balaban J connectivity index is 1.41. The van der Waals surface area contributed by atoms with Crippen LogP contribution in [-0.4, -0.2) is 47.0 Å². The van der Waals surface area contributed by atoms with Gasteiger partial charge in [0, 0.05) is 49.6 Å². The molecule has 1 amide bonds. The van der Waals surface area contributed by atoms with E-state index >= 15 is 0 Å². The van der Waals surface area contributed by atoms with E-state index in [-0.39, 0.29) is 11.3 Å². The van der Waals surface area contributed by atoms with Crippen LogP contribution >= 0.6 is 0 Å². The van der Waals surface area contributed by atoms with Gasteiger partial charge in [-0.2, -0.15) is 0 Å². The summed E-state index contributed by atoms with van der Waals surface area (Å²) in [5, 5.41) is 0. The molecule has 2 fully saturated rings. The van der Waals surface area contributed by atoms with Gasteiger partial charge >= 0.3 is 0 Å². The van der Waals surface area contributed by atoms with E-state index in [9.17, 15) is 4.79 Å². The largest absolute Gasteiger partial charge is 0.339 e. The van der Waals surface area contributed by atoms with E-state index in [1.165, 1.54) is 6.08 Å². The summed E-state index contributed by atoms with van der Waals surface area (Å²) in [5.74, 6) is 0.808. The summed E-state index contributed by atoms with van der Waals surface area (Å²) in [4.78, 5) is 24.9. The lowest BCUT2D eigenvalue weighted by atomic mass is 9.79. The highest BCUT2D eigenvalue weighted by atomic mass is 16.2. The van der Waals surface area contributed by atoms with Crippen LogP contribution in [0.5, 0.6) is 0 Å². The normalized spacial score (nSPS) is 18.5. The lowest BCUT2D eigenvalue weighted by molar-refractivity contribution is -0.125. The summed E-state index contributed by atoms with van der Waals surface area (Å²) in [6.45, 7) is 7.04. The summed E-state index contributed by atoms with van der Waals surface area (Å²) in [6.07, 6.45) is 6.21. The maximum Gasteiger partial charge on any atom is 0.245 e. The molecule has 4 rings (SSSR count). The maximum absolute atomic E-state index is 11.7. The highest BCUT2D eigenvalue weighted by molar-refractivity contribution is 5.87. The number of hydrogen-bond acceptors (Lipinski definition) is 4. The molecular weight excluding hydrogens is 300 g/mol. The zero-order chi connectivity index (χ0) is 16.6. The van der Waals surface area contributed by atoms with E-state index in [4.69, 9.17) is 0 Å². The number of amides is 1. The molecule has 2 aliphatic heterocycles. The van der Waals surface area contributed by atoms with Crippen molar-refractivity contribution in [1.29, 1.82) is 0 Å². The van der Waals surface area contributed by atoms with E-state index in [0.717, 1.165) is 49.7 Å². The molecule has 0 aliphatic carbocycles. The topological polar surface area (TPSA) is 49.3 Å².